The van der Waals surface area contributed by atoms with E-state index in [1.807, 2.05) is 42.6 Å². The average Bonchev–Trinajstić information content (AvgIpc) is 3.31. The lowest BCUT2D eigenvalue weighted by Crippen LogP contribution is -2.34. The molecule has 2 aromatic carbocycles. The highest BCUT2D eigenvalue weighted by Crippen LogP contribution is 2.32. The first-order chi connectivity index (χ1) is 16.1. The van der Waals surface area contributed by atoms with Gasteiger partial charge in [-0.05, 0) is 55.0 Å². The number of benzene rings is 2. The van der Waals surface area contributed by atoms with Gasteiger partial charge in [-0.25, -0.2) is 9.37 Å². The van der Waals surface area contributed by atoms with Crippen LogP contribution >= 0.6 is 23.7 Å². The predicted octanol–water partition coefficient (Wildman–Crippen LogP) is 5.77. The summed E-state index contributed by atoms with van der Waals surface area (Å²) in [6, 6.07) is 17.2. The Hall–Kier alpha value is -2.80. The quantitative estimate of drug-likeness (QED) is 0.353. The summed E-state index contributed by atoms with van der Waals surface area (Å²) >= 11 is 1.49. The fourth-order valence-corrected chi connectivity index (χ4v) is 5.42. The monoisotopic (exact) mass is 495 g/mol. The summed E-state index contributed by atoms with van der Waals surface area (Å²) in [5.74, 6) is -0.215. The van der Waals surface area contributed by atoms with Crippen LogP contribution in [0.2, 0.25) is 0 Å². The van der Waals surface area contributed by atoms with Gasteiger partial charge in [-0.3, -0.25) is 9.20 Å². The fraction of sp³-hybridized carbons (Fsp3) is 0.259. The van der Waals surface area contributed by atoms with Crippen LogP contribution in [0.15, 0.2) is 76.5 Å². The van der Waals surface area contributed by atoms with Gasteiger partial charge in [0.2, 0.25) is 0 Å². The number of nitrogens with zero attached hydrogens (tertiary/aromatic N) is 3. The highest BCUT2D eigenvalue weighted by molar-refractivity contribution is 7.15. The van der Waals surface area contributed by atoms with Crippen LogP contribution < -0.4 is 5.56 Å². The predicted molar refractivity (Wildman–Crippen MR) is 140 cm³/mol. The Morgan fingerprint density at radius 3 is 2.41 bits per heavy atom. The third-order valence-electron chi connectivity index (χ3n) is 6.45. The van der Waals surface area contributed by atoms with E-state index < -0.39 is 0 Å². The van der Waals surface area contributed by atoms with E-state index in [4.69, 9.17) is 0 Å². The van der Waals surface area contributed by atoms with E-state index in [1.165, 1.54) is 40.2 Å². The van der Waals surface area contributed by atoms with Crippen LogP contribution in [0.5, 0.6) is 0 Å². The van der Waals surface area contributed by atoms with Gasteiger partial charge in [0.1, 0.15) is 5.82 Å². The van der Waals surface area contributed by atoms with E-state index in [9.17, 15) is 9.18 Å². The summed E-state index contributed by atoms with van der Waals surface area (Å²) in [5.41, 5.74) is 6.56. The van der Waals surface area contributed by atoms with Crippen LogP contribution in [0.4, 0.5) is 4.39 Å². The Kier molecular flexibility index (Phi) is 7.61. The molecule has 0 saturated carbocycles. The Morgan fingerprint density at radius 1 is 1.03 bits per heavy atom. The van der Waals surface area contributed by atoms with Crippen molar-refractivity contribution in [3.8, 4) is 0 Å². The zero-order valence-corrected chi connectivity index (χ0v) is 20.7. The van der Waals surface area contributed by atoms with E-state index in [0.29, 0.717) is 6.42 Å². The molecule has 0 bridgehead atoms. The molecule has 4 aromatic rings. The van der Waals surface area contributed by atoms with E-state index >= 15 is 0 Å². The van der Waals surface area contributed by atoms with E-state index in [0.717, 1.165) is 54.3 Å². The van der Waals surface area contributed by atoms with Crippen molar-refractivity contribution in [1.82, 2.24) is 14.3 Å². The van der Waals surface area contributed by atoms with Crippen molar-refractivity contribution in [2.75, 3.05) is 19.6 Å². The fourth-order valence-electron chi connectivity index (χ4n) is 4.67. The number of halogens is 2. The van der Waals surface area contributed by atoms with Crippen molar-refractivity contribution in [3.63, 3.8) is 0 Å². The van der Waals surface area contributed by atoms with Gasteiger partial charge >= 0.3 is 0 Å². The molecule has 1 fully saturated rings. The molecule has 34 heavy (non-hydrogen) atoms. The van der Waals surface area contributed by atoms with Crippen molar-refractivity contribution < 1.29 is 4.39 Å². The molecule has 0 unspecified atom stereocenters. The standard InChI is InChI=1S/C27H26FN3OS.ClH/c1-19-24(26(32)31-17-18-33-27(31)29-19)13-16-30-14-11-22(12-15-30)25(20-5-3-2-4-6-20)21-7-9-23(28)10-8-21;/h2-10,17-18H,11-16H2,1H3;1H. The van der Waals surface area contributed by atoms with E-state index in [-0.39, 0.29) is 23.8 Å². The molecule has 0 N–H and O–H groups in total. The topological polar surface area (TPSA) is 37.6 Å². The Morgan fingerprint density at radius 2 is 1.71 bits per heavy atom. The SMILES string of the molecule is Cc1nc2sccn2c(=O)c1CCN1CCC(=C(c2ccccc2)c2ccc(F)cc2)CC1.Cl. The van der Waals surface area contributed by atoms with Gasteiger partial charge in [0.05, 0.1) is 0 Å². The summed E-state index contributed by atoms with van der Waals surface area (Å²) in [6.07, 6.45) is 4.43. The maximum atomic E-state index is 13.5. The van der Waals surface area contributed by atoms with Crippen LogP contribution in [0.3, 0.4) is 0 Å². The molecule has 4 nitrogen and oxygen atoms in total. The average molecular weight is 496 g/mol. The maximum Gasteiger partial charge on any atom is 0.261 e. The van der Waals surface area contributed by atoms with Crippen molar-refractivity contribution in [3.05, 3.63) is 110 Å². The minimum atomic E-state index is -0.215. The van der Waals surface area contributed by atoms with Gasteiger partial charge in [-0.2, -0.15) is 0 Å². The first-order valence-electron chi connectivity index (χ1n) is 11.3. The summed E-state index contributed by atoms with van der Waals surface area (Å²) in [5, 5.41) is 1.90. The molecule has 176 valence electrons. The van der Waals surface area contributed by atoms with Gasteiger partial charge in [-0.1, -0.05) is 48.0 Å². The molecule has 1 saturated heterocycles. The van der Waals surface area contributed by atoms with Gasteiger partial charge in [-0.15, -0.1) is 23.7 Å². The third-order valence-corrected chi connectivity index (χ3v) is 7.21. The smallest absolute Gasteiger partial charge is 0.261 e. The summed E-state index contributed by atoms with van der Waals surface area (Å²) in [7, 11) is 0. The summed E-state index contributed by atoms with van der Waals surface area (Å²) in [6.45, 7) is 4.67. The molecule has 0 atom stereocenters. The Balaban J connectivity index is 0.00000274. The zero-order chi connectivity index (χ0) is 22.8. The molecule has 3 heterocycles. The molecule has 5 rings (SSSR count). The molecule has 0 spiro atoms. The second-order valence-electron chi connectivity index (χ2n) is 8.48. The number of thiazole rings is 1. The van der Waals surface area contributed by atoms with Crippen molar-refractivity contribution in [2.45, 2.75) is 26.2 Å². The molecular formula is C27H27ClFN3OS. The van der Waals surface area contributed by atoms with Gasteiger partial charge in [0.15, 0.2) is 4.96 Å². The molecule has 1 aliphatic rings. The highest BCUT2D eigenvalue weighted by atomic mass is 35.5. The van der Waals surface area contributed by atoms with Crippen molar-refractivity contribution >= 4 is 34.3 Å². The van der Waals surface area contributed by atoms with Gasteiger partial charge in [0, 0.05) is 42.5 Å². The highest BCUT2D eigenvalue weighted by Gasteiger charge is 2.20. The van der Waals surface area contributed by atoms with Crippen LogP contribution in [0.1, 0.15) is 35.2 Å². The molecule has 0 amide bonds. The maximum absolute atomic E-state index is 13.5. The lowest BCUT2D eigenvalue weighted by atomic mass is 9.88. The molecule has 0 aliphatic carbocycles. The van der Waals surface area contributed by atoms with Crippen LogP contribution in [0, 0.1) is 12.7 Å². The van der Waals surface area contributed by atoms with E-state index in [1.54, 1.807) is 10.6 Å². The Bertz CT molecular complexity index is 1350. The third kappa shape index (κ3) is 4.99. The first kappa shape index (κ1) is 24.3. The minimum Gasteiger partial charge on any atom is -0.302 e. The van der Waals surface area contributed by atoms with Gasteiger partial charge < -0.3 is 4.90 Å². The number of likely N-dealkylation sites (tertiary alicyclic amines) is 1. The number of rotatable bonds is 5. The Labute approximate surface area is 208 Å². The first-order valence-corrected chi connectivity index (χ1v) is 12.2. The molecule has 2 aromatic heterocycles. The summed E-state index contributed by atoms with van der Waals surface area (Å²) in [4.78, 5) is 20.6. The molecule has 7 heteroatoms. The van der Waals surface area contributed by atoms with Gasteiger partial charge in [0.25, 0.3) is 5.56 Å². The van der Waals surface area contributed by atoms with Crippen molar-refractivity contribution in [2.24, 2.45) is 0 Å². The van der Waals surface area contributed by atoms with Crippen LogP contribution in [-0.2, 0) is 6.42 Å². The molecule has 0 radical (unpaired) electrons. The number of fused-ring (bicyclic) bond motifs is 1. The largest absolute Gasteiger partial charge is 0.302 e. The normalized spacial score (nSPS) is 14.2. The summed E-state index contributed by atoms with van der Waals surface area (Å²) < 4.78 is 15.2. The van der Waals surface area contributed by atoms with Crippen LogP contribution in [0.25, 0.3) is 10.5 Å². The lowest BCUT2D eigenvalue weighted by Gasteiger charge is -2.30. The van der Waals surface area contributed by atoms with Crippen molar-refractivity contribution in [1.29, 1.82) is 0 Å². The number of aryl methyl sites for hydroxylation is 1. The second kappa shape index (κ2) is 10.6. The molecule has 1 aliphatic heterocycles. The van der Waals surface area contributed by atoms with Crippen LogP contribution in [-0.4, -0.2) is 33.9 Å². The lowest BCUT2D eigenvalue weighted by molar-refractivity contribution is 0.259. The number of hydrogen-bond acceptors (Lipinski definition) is 4. The number of piperidine rings is 1. The molecular weight excluding hydrogens is 469 g/mol. The zero-order valence-electron chi connectivity index (χ0n) is 19.0. The number of hydrogen-bond donors (Lipinski definition) is 0. The minimum absolute atomic E-state index is 0. The second-order valence-corrected chi connectivity index (χ2v) is 9.35. The van der Waals surface area contributed by atoms with E-state index in [2.05, 4.69) is 22.0 Å². The number of aromatic nitrogens is 2.